The summed E-state index contributed by atoms with van der Waals surface area (Å²) in [7, 11) is -3.12. The lowest BCUT2D eigenvalue weighted by atomic mass is 10.3. The van der Waals surface area contributed by atoms with Crippen molar-refractivity contribution < 1.29 is 8.42 Å². The van der Waals surface area contributed by atoms with Gasteiger partial charge in [0.05, 0.1) is 21.7 Å². The molecule has 17 heavy (non-hydrogen) atoms. The Kier molecular flexibility index (Phi) is 2.53. The molecule has 1 aromatic carbocycles. The van der Waals surface area contributed by atoms with Gasteiger partial charge in [0.15, 0.2) is 4.47 Å². The Morgan fingerprint density at radius 1 is 1.41 bits per heavy atom. The number of halogens is 1. The fraction of sp³-hybridized carbons (Fsp3) is 0.300. The molecule has 1 aromatic heterocycles. The van der Waals surface area contributed by atoms with Gasteiger partial charge >= 0.3 is 0 Å². The molecule has 3 rings (SSSR count). The van der Waals surface area contributed by atoms with Gasteiger partial charge in [-0.15, -0.1) is 11.3 Å². The second-order valence-electron chi connectivity index (χ2n) is 3.86. The molecular formula is C10H9ClN2O2S2. The van der Waals surface area contributed by atoms with Crippen molar-refractivity contribution in [2.75, 3.05) is 16.6 Å². The van der Waals surface area contributed by atoms with Crippen molar-refractivity contribution in [2.45, 2.75) is 6.42 Å². The molecule has 0 spiro atoms. The van der Waals surface area contributed by atoms with Crippen LogP contribution in [0.4, 0.5) is 5.69 Å². The predicted molar refractivity (Wildman–Crippen MR) is 70.4 cm³/mol. The van der Waals surface area contributed by atoms with Gasteiger partial charge < -0.3 is 0 Å². The third-order valence-electron chi connectivity index (χ3n) is 2.73. The van der Waals surface area contributed by atoms with Crippen LogP contribution in [-0.2, 0) is 10.0 Å². The van der Waals surface area contributed by atoms with Crippen molar-refractivity contribution in [1.29, 1.82) is 0 Å². The molecule has 1 saturated heterocycles. The molecule has 1 aliphatic rings. The van der Waals surface area contributed by atoms with Crippen LogP contribution in [0, 0.1) is 0 Å². The first-order chi connectivity index (χ1) is 8.06. The first-order valence-corrected chi connectivity index (χ1v) is 7.93. The van der Waals surface area contributed by atoms with Crippen LogP contribution in [0.25, 0.3) is 10.2 Å². The van der Waals surface area contributed by atoms with E-state index < -0.39 is 10.0 Å². The van der Waals surface area contributed by atoms with Crippen LogP contribution in [0.15, 0.2) is 18.2 Å². The number of rotatable bonds is 1. The van der Waals surface area contributed by atoms with Crippen molar-refractivity contribution in [3.05, 3.63) is 22.7 Å². The third-order valence-corrected chi connectivity index (χ3v) is 5.73. The Balaban J connectivity index is 2.12. The molecule has 7 heteroatoms. The maximum atomic E-state index is 11.8. The topological polar surface area (TPSA) is 50.3 Å². The molecule has 1 aliphatic heterocycles. The highest BCUT2D eigenvalue weighted by atomic mass is 35.5. The van der Waals surface area contributed by atoms with E-state index in [-0.39, 0.29) is 5.75 Å². The third kappa shape index (κ3) is 1.90. The lowest BCUT2D eigenvalue weighted by molar-refractivity contribution is 0.599. The predicted octanol–water partition coefficient (Wildman–Crippen LogP) is 2.49. The smallest absolute Gasteiger partial charge is 0.235 e. The van der Waals surface area contributed by atoms with Crippen LogP contribution >= 0.6 is 22.9 Å². The van der Waals surface area contributed by atoms with Crippen LogP contribution in [0.5, 0.6) is 0 Å². The Labute approximate surface area is 108 Å². The standard InChI is InChI=1S/C10H9ClN2O2S2/c11-10-12-8-3-2-7(6-9(8)16-10)13-4-1-5-17(13,14)15/h2-3,6H,1,4-5H2. The number of nitrogens with zero attached hydrogens (tertiary/aromatic N) is 2. The average molecular weight is 289 g/mol. The fourth-order valence-corrected chi connectivity index (χ4v) is 4.59. The van der Waals surface area contributed by atoms with Crippen LogP contribution in [0.3, 0.4) is 0 Å². The van der Waals surface area contributed by atoms with E-state index in [0.29, 0.717) is 23.1 Å². The molecule has 0 radical (unpaired) electrons. The van der Waals surface area contributed by atoms with Crippen LogP contribution in [0.1, 0.15) is 6.42 Å². The van der Waals surface area contributed by atoms with E-state index in [1.54, 1.807) is 12.1 Å². The second-order valence-corrected chi connectivity index (χ2v) is 7.49. The number of fused-ring (bicyclic) bond motifs is 1. The van der Waals surface area contributed by atoms with E-state index in [9.17, 15) is 8.42 Å². The Hall–Kier alpha value is -0.850. The second kappa shape index (κ2) is 3.83. The Bertz CT molecular complexity index is 681. The minimum atomic E-state index is -3.12. The molecule has 0 aliphatic carbocycles. The molecule has 1 fully saturated rings. The lowest BCUT2D eigenvalue weighted by Crippen LogP contribution is -2.24. The molecule has 0 amide bonds. The molecule has 2 heterocycles. The quantitative estimate of drug-likeness (QED) is 0.810. The van der Waals surface area contributed by atoms with Gasteiger partial charge in [0.25, 0.3) is 0 Å². The minimum Gasteiger partial charge on any atom is -0.270 e. The molecule has 0 atom stereocenters. The zero-order chi connectivity index (χ0) is 12.0. The molecule has 0 bridgehead atoms. The highest BCUT2D eigenvalue weighted by molar-refractivity contribution is 7.93. The molecule has 4 nitrogen and oxygen atoms in total. The maximum absolute atomic E-state index is 11.8. The summed E-state index contributed by atoms with van der Waals surface area (Å²) in [5.74, 6) is 0.231. The monoisotopic (exact) mass is 288 g/mol. The number of sulfonamides is 1. The highest BCUT2D eigenvalue weighted by Gasteiger charge is 2.28. The molecule has 0 saturated carbocycles. The van der Waals surface area contributed by atoms with E-state index in [2.05, 4.69) is 4.98 Å². The molecule has 0 N–H and O–H groups in total. The number of anilines is 1. The van der Waals surface area contributed by atoms with Crippen molar-refractivity contribution in [3.8, 4) is 0 Å². The van der Waals surface area contributed by atoms with Crippen molar-refractivity contribution in [1.82, 2.24) is 4.98 Å². The summed E-state index contributed by atoms with van der Waals surface area (Å²) in [6.45, 7) is 0.556. The fourth-order valence-electron chi connectivity index (χ4n) is 1.97. The summed E-state index contributed by atoms with van der Waals surface area (Å²) >= 11 is 7.18. The summed E-state index contributed by atoms with van der Waals surface area (Å²) in [6.07, 6.45) is 0.684. The number of hydrogen-bond donors (Lipinski definition) is 0. The van der Waals surface area contributed by atoms with Crippen LogP contribution in [0.2, 0.25) is 4.47 Å². The normalized spacial score (nSPS) is 19.0. The van der Waals surface area contributed by atoms with E-state index in [4.69, 9.17) is 11.6 Å². The van der Waals surface area contributed by atoms with Crippen LogP contribution < -0.4 is 4.31 Å². The molecule has 90 valence electrons. The number of aromatic nitrogens is 1. The van der Waals surface area contributed by atoms with Gasteiger partial charge in [-0.25, -0.2) is 13.4 Å². The Morgan fingerprint density at radius 3 is 2.94 bits per heavy atom. The molecule has 0 unspecified atom stereocenters. The summed E-state index contributed by atoms with van der Waals surface area (Å²) < 4.78 is 26.4. The molecular weight excluding hydrogens is 280 g/mol. The van der Waals surface area contributed by atoms with Gasteiger partial charge in [-0.3, -0.25) is 4.31 Å². The van der Waals surface area contributed by atoms with Crippen molar-refractivity contribution in [3.63, 3.8) is 0 Å². The zero-order valence-electron chi connectivity index (χ0n) is 8.76. The number of hydrogen-bond acceptors (Lipinski definition) is 4. The minimum absolute atomic E-state index is 0.231. The summed E-state index contributed by atoms with van der Waals surface area (Å²) in [5, 5.41) is 0. The first-order valence-electron chi connectivity index (χ1n) is 5.13. The summed E-state index contributed by atoms with van der Waals surface area (Å²) in [5.41, 5.74) is 1.51. The summed E-state index contributed by atoms with van der Waals surface area (Å²) in [6, 6.07) is 5.42. The van der Waals surface area contributed by atoms with E-state index in [1.165, 1.54) is 15.6 Å². The van der Waals surface area contributed by atoms with Gasteiger partial charge in [0.1, 0.15) is 0 Å². The van der Waals surface area contributed by atoms with Crippen molar-refractivity contribution >= 4 is 48.9 Å². The summed E-state index contributed by atoms with van der Waals surface area (Å²) in [4.78, 5) is 4.13. The maximum Gasteiger partial charge on any atom is 0.235 e. The van der Waals surface area contributed by atoms with Gasteiger partial charge in [-0.1, -0.05) is 11.6 Å². The molecule has 2 aromatic rings. The van der Waals surface area contributed by atoms with Crippen molar-refractivity contribution in [2.24, 2.45) is 0 Å². The number of thiazole rings is 1. The van der Waals surface area contributed by atoms with Gasteiger partial charge in [-0.2, -0.15) is 0 Å². The lowest BCUT2D eigenvalue weighted by Gasteiger charge is -2.16. The highest BCUT2D eigenvalue weighted by Crippen LogP contribution is 2.31. The first kappa shape index (κ1) is 11.3. The Morgan fingerprint density at radius 2 is 2.24 bits per heavy atom. The van der Waals surface area contributed by atoms with Gasteiger partial charge in [0.2, 0.25) is 10.0 Å². The average Bonchev–Trinajstić information content (AvgIpc) is 2.78. The largest absolute Gasteiger partial charge is 0.270 e. The van der Waals surface area contributed by atoms with E-state index in [0.717, 1.165) is 10.2 Å². The number of benzene rings is 1. The van der Waals surface area contributed by atoms with Crippen LogP contribution in [-0.4, -0.2) is 25.7 Å². The zero-order valence-corrected chi connectivity index (χ0v) is 11.1. The van der Waals surface area contributed by atoms with E-state index in [1.807, 2.05) is 6.07 Å². The van der Waals surface area contributed by atoms with E-state index >= 15 is 0 Å². The van der Waals surface area contributed by atoms with Gasteiger partial charge in [-0.05, 0) is 24.6 Å². The van der Waals surface area contributed by atoms with Gasteiger partial charge in [0, 0.05) is 6.54 Å². The SMILES string of the molecule is O=S1(=O)CCCN1c1ccc2nc(Cl)sc2c1.